The van der Waals surface area contributed by atoms with E-state index in [4.69, 9.17) is 0 Å². The van der Waals surface area contributed by atoms with E-state index >= 15 is 0 Å². The molecule has 1 atom stereocenters. The SMILES string of the molecule is CC(C)CN1C(=O)C[C@@H](Sc2ccccc2C(=O)[O-])C1=O. The number of hydrogen-bond acceptors (Lipinski definition) is 5. The first-order chi connectivity index (χ1) is 9.90. The van der Waals surface area contributed by atoms with Crippen molar-refractivity contribution in [3.05, 3.63) is 29.8 Å². The summed E-state index contributed by atoms with van der Waals surface area (Å²) in [4.78, 5) is 36.9. The van der Waals surface area contributed by atoms with Crippen LogP contribution in [0.3, 0.4) is 0 Å². The number of nitrogens with zero attached hydrogens (tertiary/aromatic N) is 1. The quantitative estimate of drug-likeness (QED) is 0.756. The molecule has 1 aromatic carbocycles. The average molecular weight is 306 g/mol. The van der Waals surface area contributed by atoms with E-state index in [1.165, 1.54) is 11.0 Å². The van der Waals surface area contributed by atoms with Crippen LogP contribution in [0.25, 0.3) is 0 Å². The van der Waals surface area contributed by atoms with Crippen molar-refractivity contribution in [3.8, 4) is 0 Å². The van der Waals surface area contributed by atoms with Crippen molar-refractivity contribution >= 4 is 29.5 Å². The van der Waals surface area contributed by atoms with Crippen molar-refractivity contribution in [1.29, 1.82) is 0 Å². The lowest BCUT2D eigenvalue weighted by Crippen LogP contribution is -2.34. The highest BCUT2D eigenvalue weighted by molar-refractivity contribution is 8.00. The van der Waals surface area contributed by atoms with Crippen LogP contribution in [0.2, 0.25) is 0 Å². The molecule has 5 nitrogen and oxygen atoms in total. The van der Waals surface area contributed by atoms with E-state index < -0.39 is 11.2 Å². The predicted octanol–water partition coefficient (Wildman–Crippen LogP) is 0.926. The van der Waals surface area contributed by atoms with Crippen molar-refractivity contribution in [2.45, 2.75) is 30.4 Å². The highest BCUT2D eigenvalue weighted by Gasteiger charge is 2.39. The van der Waals surface area contributed by atoms with E-state index in [1.807, 2.05) is 13.8 Å². The third-order valence-corrected chi connectivity index (χ3v) is 4.39. The Balaban J connectivity index is 2.16. The van der Waals surface area contributed by atoms with Gasteiger partial charge in [-0.3, -0.25) is 14.5 Å². The summed E-state index contributed by atoms with van der Waals surface area (Å²) in [5.74, 6) is -1.52. The first kappa shape index (κ1) is 15.6. The summed E-state index contributed by atoms with van der Waals surface area (Å²) in [6.07, 6.45) is 0.109. The second kappa shape index (κ2) is 6.30. The van der Waals surface area contributed by atoms with Crippen molar-refractivity contribution in [3.63, 3.8) is 0 Å². The molecule has 1 heterocycles. The van der Waals surface area contributed by atoms with Crippen molar-refractivity contribution < 1.29 is 19.5 Å². The largest absolute Gasteiger partial charge is 0.545 e. The van der Waals surface area contributed by atoms with Crippen molar-refractivity contribution in [1.82, 2.24) is 4.90 Å². The lowest BCUT2D eigenvalue weighted by Gasteiger charge is -2.17. The number of hydrogen-bond donors (Lipinski definition) is 0. The Morgan fingerprint density at radius 3 is 2.67 bits per heavy atom. The lowest BCUT2D eigenvalue weighted by molar-refractivity contribution is -0.255. The highest BCUT2D eigenvalue weighted by Crippen LogP contribution is 2.33. The van der Waals surface area contributed by atoms with Gasteiger partial charge in [-0.2, -0.15) is 0 Å². The number of imide groups is 1. The smallest absolute Gasteiger partial charge is 0.243 e. The Kier molecular flexibility index (Phi) is 4.67. The van der Waals surface area contributed by atoms with Gasteiger partial charge >= 0.3 is 0 Å². The van der Waals surface area contributed by atoms with E-state index in [0.29, 0.717) is 11.4 Å². The Morgan fingerprint density at radius 2 is 2.05 bits per heavy atom. The van der Waals surface area contributed by atoms with Crippen LogP contribution in [-0.4, -0.2) is 34.5 Å². The fourth-order valence-corrected chi connectivity index (χ4v) is 3.39. The standard InChI is InChI=1S/C15H17NO4S/c1-9(2)8-16-13(17)7-12(14(16)18)21-11-6-4-3-5-10(11)15(19)20/h3-6,9,12H,7-8H2,1-2H3,(H,19,20)/p-1/t12-/m1/s1. The van der Waals surface area contributed by atoms with Gasteiger partial charge in [0.1, 0.15) is 0 Å². The first-order valence-electron chi connectivity index (χ1n) is 6.71. The minimum Gasteiger partial charge on any atom is -0.545 e. The van der Waals surface area contributed by atoms with Gasteiger partial charge in [0, 0.05) is 23.4 Å². The predicted molar refractivity (Wildman–Crippen MR) is 76.6 cm³/mol. The Bertz CT molecular complexity index is 585. The summed E-state index contributed by atoms with van der Waals surface area (Å²) in [5.41, 5.74) is 0.0464. The zero-order chi connectivity index (χ0) is 15.6. The van der Waals surface area contributed by atoms with E-state index in [9.17, 15) is 19.5 Å². The van der Waals surface area contributed by atoms with Crippen LogP contribution < -0.4 is 5.11 Å². The zero-order valence-electron chi connectivity index (χ0n) is 11.9. The first-order valence-corrected chi connectivity index (χ1v) is 7.59. The molecule has 2 rings (SSSR count). The number of carboxylic acid groups (broad SMARTS) is 1. The molecule has 0 spiro atoms. The van der Waals surface area contributed by atoms with E-state index in [1.54, 1.807) is 18.2 Å². The summed E-state index contributed by atoms with van der Waals surface area (Å²) >= 11 is 1.12. The highest BCUT2D eigenvalue weighted by atomic mass is 32.2. The second-order valence-electron chi connectivity index (χ2n) is 5.33. The number of aromatic carboxylic acids is 1. The van der Waals surface area contributed by atoms with Crippen LogP contribution in [0.4, 0.5) is 0 Å². The van der Waals surface area contributed by atoms with Crippen LogP contribution in [0.1, 0.15) is 30.6 Å². The van der Waals surface area contributed by atoms with Gasteiger partial charge in [0.15, 0.2) is 0 Å². The fraction of sp³-hybridized carbons (Fsp3) is 0.400. The molecular formula is C15H16NO4S-. The van der Waals surface area contributed by atoms with Gasteiger partial charge < -0.3 is 9.90 Å². The van der Waals surface area contributed by atoms with Gasteiger partial charge in [-0.1, -0.05) is 32.0 Å². The topological polar surface area (TPSA) is 77.5 Å². The molecule has 6 heteroatoms. The maximum Gasteiger partial charge on any atom is 0.243 e. The van der Waals surface area contributed by atoms with Crippen LogP contribution >= 0.6 is 11.8 Å². The van der Waals surface area contributed by atoms with Crippen molar-refractivity contribution in [2.75, 3.05) is 6.54 Å². The normalized spacial score (nSPS) is 18.6. The van der Waals surface area contributed by atoms with Crippen molar-refractivity contribution in [2.24, 2.45) is 5.92 Å². The number of thioether (sulfide) groups is 1. The molecule has 0 radical (unpaired) electrons. The maximum absolute atomic E-state index is 12.3. The summed E-state index contributed by atoms with van der Waals surface area (Å²) in [6.45, 7) is 4.27. The number of carbonyl (C=O) groups is 3. The number of amides is 2. The maximum atomic E-state index is 12.3. The number of likely N-dealkylation sites (tertiary alicyclic amines) is 1. The van der Waals surface area contributed by atoms with Crippen LogP contribution in [-0.2, 0) is 9.59 Å². The molecule has 21 heavy (non-hydrogen) atoms. The lowest BCUT2D eigenvalue weighted by atomic mass is 10.2. The molecule has 0 aromatic heterocycles. The van der Waals surface area contributed by atoms with E-state index in [2.05, 4.69) is 0 Å². The second-order valence-corrected chi connectivity index (χ2v) is 6.58. The zero-order valence-corrected chi connectivity index (χ0v) is 12.7. The van der Waals surface area contributed by atoms with Crippen LogP contribution in [0.15, 0.2) is 29.2 Å². The molecule has 1 fully saturated rings. The summed E-state index contributed by atoms with van der Waals surface area (Å²) in [5, 5.41) is 10.5. The monoisotopic (exact) mass is 306 g/mol. The minimum absolute atomic E-state index is 0.0464. The average Bonchev–Trinajstić information content (AvgIpc) is 2.66. The van der Waals surface area contributed by atoms with Gasteiger partial charge in [0.25, 0.3) is 0 Å². The van der Waals surface area contributed by atoms with Crippen LogP contribution in [0.5, 0.6) is 0 Å². The molecule has 0 unspecified atom stereocenters. The third-order valence-electron chi connectivity index (χ3n) is 3.13. The Hall–Kier alpha value is -1.82. The molecule has 0 N–H and O–H groups in total. The summed E-state index contributed by atoms with van der Waals surface area (Å²) < 4.78 is 0. The molecule has 1 aliphatic heterocycles. The molecule has 1 aromatic rings. The molecule has 112 valence electrons. The van der Waals surface area contributed by atoms with Crippen LogP contribution in [0, 0.1) is 5.92 Å². The number of carboxylic acids is 1. The molecule has 0 saturated carbocycles. The van der Waals surface area contributed by atoms with E-state index in [-0.39, 0.29) is 29.7 Å². The fourth-order valence-electron chi connectivity index (χ4n) is 2.19. The molecule has 0 bridgehead atoms. The Morgan fingerprint density at radius 1 is 1.38 bits per heavy atom. The molecule has 1 aliphatic rings. The van der Waals surface area contributed by atoms with Gasteiger partial charge in [-0.25, -0.2) is 0 Å². The van der Waals surface area contributed by atoms with Gasteiger partial charge in [0.05, 0.1) is 11.2 Å². The minimum atomic E-state index is -1.28. The number of rotatable bonds is 5. The molecule has 0 aliphatic carbocycles. The van der Waals surface area contributed by atoms with Gasteiger partial charge in [-0.05, 0) is 12.0 Å². The number of carbonyl (C=O) groups excluding carboxylic acids is 3. The third kappa shape index (κ3) is 3.44. The molecule has 2 amide bonds. The van der Waals surface area contributed by atoms with Gasteiger partial charge in [0.2, 0.25) is 11.8 Å². The summed E-state index contributed by atoms with van der Waals surface area (Å²) in [6, 6.07) is 6.35. The molecular weight excluding hydrogens is 290 g/mol. The van der Waals surface area contributed by atoms with E-state index in [0.717, 1.165) is 11.8 Å². The van der Waals surface area contributed by atoms with Gasteiger partial charge in [-0.15, -0.1) is 11.8 Å². The summed E-state index contributed by atoms with van der Waals surface area (Å²) in [7, 11) is 0. The number of benzene rings is 1. The molecule has 1 saturated heterocycles. The Labute approximate surface area is 127 Å².